The molecule has 0 aliphatic carbocycles. The predicted molar refractivity (Wildman–Crippen MR) is 68.2 cm³/mol. The lowest BCUT2D eigenvalue weighted by molar-refractivity contribution is -0.158. The zero-order chi connectivity index (χ0) is 12.8. The van der Waals surface area contributed by atoms with Gasteiger partial charge < -0.3 is 4.74 Å². The maximum atomic E-state index is 11.5. The first kappa shape index (κ1) is 14.9. The normalized spacial score (nSPS) is 14.1. The lowest BCUT2D eigenvalue weighted by Crippen LogP contribution is -2.31. The van der Waals surface area contributed by atoms with Gasteiger partial charge in [-0.25, -0.2) is 0 Å². The lowest BCUT2D eigenvalue weighted by Gasteiger charge is -2.26. The highest BCUT2D eigenvalue weighted by Crippen LogP contribution is 2.21. The largest absolute Gasteiger partial charge is 0.455 e. The van der Waals surface area contributed by atoms with Gasteiger partial charge in [-0.1, -0.05) is 32.1 Å². The third-order valence-corrected chi connectivity index (χ3v) is 2.43. The Kier molecular flexibility index (Phi) is 6.09. The van der Waals surface area contributed by atoms with Crippen LogP contribution in [0.1, 0.15) is 47.5 Å². The smallest absolute Gasteiger partial charge is 0.309 e. The van der Waals surface area contributed by atoms with Gasteiger partial charge in [-0.3, -0.25) is 4.79 Å². The molecule has 0 fully saturated rings. The van der Waals surface area contributed by atoms with Crippen molar-refractivity contribution in [1.29, 1.82) is 0 Å². The van der Waals surface area contributed by atoms with E-state index in [1.807, 2.05) is 20.8 Å². The van der Waals surface area contributed by atoms with Gasteiger partial charge in [-0.05, 0) is 39.7 Å². The highest BCUT2D eigenvalue weighted by molar-refractivity contribution is 5.72. The SMILES string of the molecule is C=C[C@@](C)(CCC=C(C)C)OC(=O)C(C)C. The highest BCUT2D eigenvalue weighted by Gasteiger charge is 2.25. The molecule has 0 amide bonds. The maximum absolute atomic E-state index is 11.5. The minimum Gasteiger partial charge on any atom is -0.455 e. The van der Waals surface area contributed by atoms with Crippen molar-refractivity contribution in [3.05, 3.63) is 24.3 Å². The number of ether oxygens (including phenoxy) is 1. The fourth-order valence-corrected chi connectivity index (χ4v) is 1.19. The Morgan fingerprint density at radius 1 is 1.44 bits per heavy atom. The number of hydrogen-bond donors (Lipinski definition) is 0. The molecule has 0 unspecified atom stereocenters. The van der Waals surface area contributed by atoms with Crippen molar-refractivity contribution in [2.75, 3.05) is 0 Å². The van der Waals surface area contributed by atoms with Crippen LogP contribution in [0.15, 0.2) is 24.3 Å². The van der Waals surface area contributed by atoms with Crippen molar-refractivity contribution in [3.8, 4) is 0 Å². The summed E-state index contributed by atoms with van der Waals surface area (Å²) in [5.41, 5.74) is 0.731. The summed E-state index contributed by atoms with van der Waals surface area (Å²) in [5, 5.41) is 0. The Labute approximate surface area is 99.4 Å². The minimum absolute atomic E-state index is 0.0947. The van der Waals surface area contributed by atoms with Crippen LogP contribution in [0.4, 0.5) is 0 Å². The summed E-state index contributed by atoms with van der Waals surface area (Å²) in [6.45, 7) is 13.4. The van der Waals surface area contributed by atoms with Crippen LogP contribution < -0.4 is 0 Å². The van der Waals surface area contributed by atoms with Gasteiger partial charge in [0.25, 0.3) is 0 Å². The van der Waals surface area contributed by atoms with Crippen LogP contribution in [-0.2, 0) is 9.53 Å². The second-order valence-corrected chi connectivity index (χ2v) is 4.91. The molecule has 2 nitrogen and oxygen atoms in total. The van der Waals surface area contributed by atoms with E-state index in [9.17, 15) is 4.79 Å². The van der Waals surface area contributed by atoms with Crippen molar-refractivity contribution >= 4 is 5.97 Å². The molecule has 0 N–H and O–H groups in total. The average Bonchev–Trinajstić information content (AvgIpc) is 2.16. The van der Waals surface area contributed by atoms with Gasteiger partial charge in [-0.2, -0.15) is 0 Å². The van der Waals surface area contributed by atoms with E-state index in [1.54, 1.807) is 6.08 Å². The number of esters is 1. The van der Waals surface area contributed by atoms with Crippen molar-refractivity contribution in [3.63, 3.8) is 0 Å². The van der Waals surface area contributed by atoms with E-state index in [0.29, 0.717) is 0 Å². The molecular formula is C14H24O2. The van der Waals surface area contributed by atoms with E-state index in [2.05, 4.69) is 26.5 Å². The van der Waals surface area contributed by atoms with Crippen LogP contribution in [-0.4, -0.2) is 11.6 Å². The predicted octanol–water partition coefficient (Wildman–Crippen LogP) is 3.88. The molecule has 2 heteroatoms. The summed E-state index contributed by atoms with van der Waals surface area (Å²) >= 11 is 0. The summed E-state index contributed by atoms with van der Waals surface area (Å²) in [4.78, 5) is 11.5. The molecule has 0 bridgehead atoms. The van der Waals surface area contributed by atoms with E-state index in [1.165, 1.54) is 5.57 Å². The average molecular weight is 224 g/mol. The van der Waals surface area contributed by atoms with Crippen LogP contribution in [0.25, 0.3) is 0 Å². The number of carbonyl (C=O) groups excluding carboxylic acids is 1. The Hall–Kier alpha value is -1.05. The topological polar surface area (TPSA) is 26.3 Å². The third kappa shape index (κ3) is 5.74. The maximum Gasteiger partial charge on any atom is 0.309 e. The number of carbonyl (C=O) groups is 1. The van der Waals surface area contributed by atoms with Gasteiger partial charge in [0.2, 0.25) is 0 Å². The Bertz CT molecular complexity index is 272. The summed E-state index contributed by atoms with van der Waals surface area (Å²) < 4.78 is 5.44. The van der Waals surface area contributed by atoms with Crippen LogP contribution >= 0.6 is 0 Å². The zero-order valence-electron chi connectivity index (χ0n) is 11.2. The lowest BCUT2D eigenvalue weighted by atomic mass is 9.99. The van der Waals surface area contributed by atoms with Crippen molar-refractivity contribution < 1.29 is 9.53 Å². The van der Waals surface area contributed by atoms with E-state index < -0.39 is 5.60 Å². The molecule has 0 aliphatic heterocycles. The molecule has 0 aromatic carbocycles. The van der Waals surface area contributed by atoms with E-state index in [0.717, 1.165) is 12.8 Å². The molecule has 0 heterocycles. The fraction of sp³-hybridized carbons (Fsp3) is 0.643. The van der Waals surface area contributed by atoms with Crippen LogP contribution in [0.2, 0.25) is 0 Å². The molecule has 0 radical (unpaired) electrons. The first-order valence-corrected chi connectivity index (χ1v) is 5.80. The second kappa shape index (κ2) is 6.51. The zero-order valence-corrected chi connectivity index (χ0v) is 11.2. The Morgan fingerprint density at radius 2 is 2.00 bits per heavy atom. The van der Waals surface area contributed by atoms with Gasteiger partial charge in [0, 0.05) is 0 Å². The van der Waals surface area contributed by atoms with Crippen LogP contribution in [0.3, 0.4) is 0 Å². The van der Waals surface area contributed by atoms with E-state index in [-0.39, 0.29) is 11.9 Å². The van der Waals surface area contributed by atoms with Gasteiger partial charge in [0.05, 0.1) is 5.92 Å². The van der Waals surface area contributed by atoms with E-state index >= 15 is 0 Å². The Morgan fingerprint density at radius 3 is 2.38 bits per heavy atom. The molecule has 16 heavy (non-hydrogen) atoms. The van der Waals surface area contributed by atoms with Crippen molar-refractivity contribution in [1.82, 2.24) is 0 Å². The third-order valence-electron chi connectivity index (χ3n) is 2.43. The summed E-state index contributed by atoms with van der Waals surface area (Å²) in [7, 11) is 0. The minimum atomic E-state index is -0.548. The molecule has 92 valence electrons. The number of allylic oxidation sites excluding steroid dienone is 2. The molecule has 0 aromatic heterocycles. The Balaban J connectivity index is 4.37. The first-order chi connectivity index (χ1) is 7.30. The molecule has 1 atom stereocenters. The van der Waals surface area contributed by atoms with Gasteiger partial charge in [-0.15, -0.1) is 0 Å². The van der Waals surface area contributed by atoms with Gasteiger partial charge in [0.1, 0.15) is 5.60 Å². The van der Waals surface area contributed by atoms with Gasteiger partial charge in [0.15, 0.2) is 0 Å². The number of rotatable bonds is 6. The van der Waals surface area contributed by atoms with Crippen LogP contribution in [0, 0.1) is 5.92 Å². The molecular weight excluding hydrogens is 200 g/mol. The molecule has 0 aromatic rings. The van der Waals surface area contributed by atoms with E-state index in [4.69, 9.17) is 4.74 Å². The summed E-state index contributed by atoms with van der Waals surface area (Å²) in [6.07, 6.45) is 5.54. The quantitative estimate of drug-likeness (QED) is 0.505. The molecule has 0 spiro atoms. The second-order valence-electron chi connectivity index (χ2n) is 4.91. The van der Waals surface area contributed by atoms with Crippen molar-refractivity contribution in [2.24, 2.45) is 5.92 Å². The van der Waals surface area contributed by atoms with Crippen molar-refractivity contribution in [2.45, 2.75) is 53.1 Å². The fourth-order valence-electron chi connectivity index (χ4n) is 1.19. The summed E-state index contributed by atoms with van der Waals surface area (Å²) in [5.74, 6) is -0.262. The summed E-state index contributed by atoms with van der Waals surface area (Å²) in [6, 6.07) is 0. The van der Waals surface area contributed by atoms with Crippen LogP contribution in [0.5, 0.6) is 0 Å². The standard InChI is InChI=1S/C14H24O2/c1-7-14(6,10-8-9-11(2)3)16-13(15)12(4)5/h7,9,12H,1,8,10H2,2-6H3/t14-/m0/s1. The number of hydrogen-bond acceptors (Lipinski definition) is 2. The highest BCUT2D eigenvalue weighted by atomic mass is 16.6. The van der Waals surface area contributed by atoms with Gasteiger partial charge >= 0.3 is 5.97 Å². The monoisotopic (exact) mass is 224 g/mol. The molecule has 0 aliphatic rings. The molecule has 0 saturated carbocycles. The molecule has 0 rings (SSSR count). The molecule has 0 saturated heterocycles. The first-order valence-electron chi connectivity index (χ1n) is 5.80.